The Morgan fingerprint density at radius 3 is 2.70 bits per heavy atom. The smallest absolute Gasteiger partial charge is 0.323 e. The Morgan fingerprint density at radius 1 is 1.55 bits per heavy atom. The summed E-state index contributed by atoms with van der Waals surface area (Å²) in [7, 11) is 0. The number of nitrogens with zero attached hydrogens (tertiary/aromatic N) is 3. The second-order valence-electron chi connectivity index (χ2n) is 5.05. The minimum atomic E-state index is -0.920. The number of aryl methyl sites for hydroxylation is 1. The van der Waals surface area contributed by atoms with Crippen LogP contribution >= 0.6 is 0 Å². The summed E-state index contributed by atoms with van der Waals surface area (Å²) in [5.41, 5.74) is 0.556. The molecule has 20 heavy (non-hydrogen) atoms. The Morgan fingerprint density at radius 2 is 2.20 bits per heavy atom. The highest BCUT2D eigenvalue weighted by Gasteiger charge is 2.27. The average Bonchev–Trinajstić information content (AvgIpc) is 2.89. The van der Waals surface area contributed by atoms with Gasteiger partial charge in [-0.15, -0.1) is 0 Å². The molecule has 0 aliphatic heterocycles. The van der Waals surface area contributed by atoms with Crippen molar-refractivity contribution in [3.05, 3.63) is 27.9 Å². The summed E-state index contributed by atoms with van der Waals surface area (Å²) >= 11 is 0. The lowest BCUT2D eigenvalue weighted by atomic mass is 10.1. The number of pyridine rings is 1. The molecule has 0 saturated heterocycles. The molecule has 0 aromatic carbocycles. The molecule has 0 spiro atoms. The standard InChI is InChI=1S/C13H17N3O4/c1-9-6-11(16(19)20)7-14-13(9)15(8-12(17)18)10-4-2-3-5-10/h6-7,10H,2-5,8H2,1H3,(H,17,18). The molecule has 1 heterocycles. The first-order valence-electron chi connectivity index (χ1n) is 6.58. The first kappa shape index (κ1) is 14.2. The van der Waals surface area contributed by atoms with Crippen LogP contribution in [0, 0.1) is 17.0 Å². The number of anilines is 1. The molecule has 0 amide bonds. The maximum Gasteiger partial charge on any atom is 0.323 e. The van der Waals surface area contributed by atoms with E-state index < -0.39 is 10.9 Å². The molecule has 2 rings (SSSR count). The fourth-order valence-electron chi connectivity index (χ4n) is 2.69. The number of hydrogen-bond acceptors (Lipinski definition) is 5. The molecule has 7 nitrogen and oxygen atoms in total. The summed E-state index contributed by atoms with van der Waals surface area (Å²) < 4.78 is 0. The third-order valence-corrected chi connectivity index (χ3v) is 3.59. The molecule has 0 unspecified atom stereocenters. The van der Waals surface area contributed by atoms with E-state index >= 15 is 0 Å². The van der Waals surface area contributed by atoms with E-state index in [4.69, 9.17) is 5.11 Å². The van der Waals surface area contributed by atoms with E-state index in [0.29, 0.717) is 11.4 Å². The van der Waals surface area contributed by atoms with Crippen molar-refractivity contribution >= 4 is 17.5 Å². The predicted molar refractivity (Wildman–Crippen MR) is 72.9 cm³/mol. The molecule has 108 valence electrons. The van der Waals surface area contributed by atoms with Crippen molar-refractivity contribution in [2.75, 3.05) is 11.4 Å². The number of rotatable bonds is 5. The number of carboxylic acid groups (broad SMARTS) is 1. The topological polar surface area (TPSA) is 96.6 Å². The van der Waals surface area contributed by atoms with E-state index in [1.54, 1.807) is 11.8 Å². The molecule has 1 aliphatic rings. The number of aliphatic carboxylic acids is 1. The van der Waals surface area contributed by atoms with Gasteiger partial charge in [0.2, 0.25) is 0 Å². The van der Waals surface area contributed by atoms with E-state index in [9.17, 15) is 14.9 Å². The lowest BCUT2D eigenvalue weighted by Crippen LogP contribution is -2.38. The zero-order chi connectivity index (χ0) is 14.7. The molecule has 7 heteroatoms. The Hall–Kier alpha value is -2.18. The van der Waals surface area contributed by atoms with Gasteiger partial charge in [-0.25, -0.2) is 4.98 Å². The second-order valence-corrected chi connectivity index (χ2v) is 5.05. The Kier molecular flexibility index (Phi) is 4.16. The lowest BCUT2D eigenvalue weighted by Gasteiger charge is -2.29. The first-order chi connectivity index (χ1) is 9.49. The molecule has 1 N–H and O–H groups in total. The maximum absolute atomic E-state index is 11.0. The highest BCUT2D eigenvalue weighted by Crippen LogP contribution is 2.30. The van der Waals surface area contributed by atoms with Gasteiger partial charge in [0.1, 0.15) is 18.6 Å². The monoisotopic (exact) mass is 279 g/mol. The van der Waals surface area contributed by atoms with Crippen molar-refractivity contribution in [3.8, 4) is 0 Å². The van der Waals surface area contributed by atoms with E-state index in [1.165, 1.54) is 12.3 Å². The summed E-state index contributed by atoms with van der Waals surface area (Å²) in [6.07, 6.45) is 5.21. The second kappa shape index (κ2) is 5.85. The lowest BCUT2D eigenvalue weighted by molar-refractivity contribution is -0.385. The van der Waals surface area contributed by atoms with Gasteiger partial charge in [-0.3, -0.25) is 14.9 Å². The van der Waals surface area contributed by atoms with Gasteiger partial charge in [-0.05, 0) is 25.3 Å². The molecular formula is C13H17N3O4. The van der Waals surface area contributed by atoms with Crippen molar-refractivity contribution in [2.24, 2.45) is 0 Å². The zero-order valence-electron chi connectivity index (χ0n) is 11.3. The average molecular weight is 279 g/mol. The molecule has 0 atom stereocenters. The van der Waals surface area contributed by atoms with E-state index in [2.05, 4.69) is 4.98 Å². The van der Waals surface area contributed by atoms with Gasteiger partial charge < -0.3 is 10.0 Å². The van der Waals surface area contributed by atoms with Gasteiger partial charge >= 0.3 is 5.97 Å². The summed E-state index contributed by atoms with van der Waals surface area (Å²) in [6, 6.07) is 1.59. The van der Waals surface area contributed by atoms with Crippen LogP contribution in [0.4, 0.5) is 11.5 Å². The SMILES string of the molecule is Cc1cc([N+](=O)[O-])cnc1N(CC(=O)O)C1CCCC1. The van der Waals surface area contributed by atoms with Crippen LogP contribution in [0.2, 0.25) is 0 Å². The van der Waals surface area contributed by atoms with Gasteiger partial charge in [0, 0.05) is 12.1 Å². The van der Waals surface area contributed by atoms with E-state index in [0.717, 1.165) is 25.7 Å². The molecule has 0 bridgehead atoms. The van der Waals surface area contributed by atoms with Crippen LogP contribution in [-0.4, -0.2) is 33.6 Å². The number of carboxylic acids is 1. The third-order valence-electron chi connectivity index (χ3n) is 3.59. The Bertz CT molecular complexity index is 526. The minimum Gasteiger partial charge on any atom is -0.480 e. The number of carbonyl (C=O) groups is 1. The van der Waals surface area contributed by atoms with Crippen LogP contribution in [0.15, 0.2) is 12.3 Å². The molecule has 1 saturated carbocycles. The number of hydrogen-bond donors (Lipinski definition) is 1. The van der Waals surface area contributed by atoms with Crippen LogP contribution in [-0.2, 0) is 4.79 Å². The normalized spacial score (nSPS) is 15.2. The first-order valence-corrected chi connectivity index (χ1v) is 6.58. The van der Waals surface area contributed by atoms with Crippen molar-refractivity contribution in [3.63, 3.8) is 0 Å². The third kappa shape index (κ3) is 3.04. The van der Waals surface area contributed by atoms with Crippen LogP contribution in [0.5, 0.6) is 0 Å². The van der Waals surface area contributed by atoms with Crippen LogP contribution in [0.3, 0.4) is 0 Å². The van der Waals surface area contributed by atoms with Gasteiger partial charge in [0.15, 0.2) is 0 Å². The molecule has 0 radical (unpaired) electrons. The van der Waals surface area contributed by atoms with Gasteiger partial charge in [-0.2, -0.15) is 0 Å². The number of nitro groups is 1. The molecular weight excluding hydrogens is 262 g/mol. The maximum atomic E-state index is 11.0. The van der Waals surface area contributed by atoms with Gasteiger partial charge in [0.05, 0.1) is 4.92 Å². The summed E-state index contributed by atoms with van der Waals surface area (Å²) in [5, 5.41) is 19.8. The molecule has 1 aliphatic carbocycles. The minimum absolute atomic E-state index is 0.0760. The van der Waals surface area contributed by atoms with Crippen molar-refractivity contribution in [1.29, 1.82) is 0 Å². The molecule has 1 aromatic rings. The quantitative estimate of drug-likeness (QED) is 0.655. The zero-order valence-corrected chi connectivity index (χ0v) is 11.3. The molecule has 1 aromatic heterocycles. The van der Waals surface area contributed by atoms with E-state index in [1.807, 2.05) is 0 Å². The summed E-state index contributed by atoms with van der Waals surface area (Å²) in [5.74, 6) is -0.388. The highest BCUT2D eigenvalue weighted by molar-refractivity contribution is 5.74. The van der Waals surface area contributed by atoms with Crippen LogP contribution < -0.4 is 4.90 Å². The summed E-state index contributed by atoms with van der Waals surface area (Å²) in [6.45, 7) is 1.59. The largest absolute Gasteiger partial charge is 0.480 e. The number of aromatic nitrogens is 1. The summed E-state index contributed by atoms with van der Waals surface area (Å²) in [4.78, 5) is 27.2. The predicted octanol–water partition coefficient (Wildman–Crippen LogP) is 2.13. The van der Waals surface area contributed by atoms with Crippen molar-refractivity contribution in [2.45, 2.75) is 38.6 Å². The van der Waals surface area contributed by atoms with Crippen molar-refractivity contribution < 1.29 is 14.8 Å². The van der Waals surface area contributed by atoms with E-state index in [-0.39, 0.29) is 18.3 Å². The van der Waals surface area contributed by atoms with Gasteiger partial charge in [-0.1, -0.05) is 12.8 Å². The highest BCUT2D eigenvalue weighted by atomic mass is 16.6. The van der Waals surface area contributed by atoms with Crippen molar-refractivity contribution in [1.82, 2.24) is 4.98 Å². The fourth-order valence-corrected chi connectivity index (χ4v) is 2.69. The Balaban J connectivity index is 2.32. The fraction of sp³-hybridized carbons (Fsp3) is 0.538. The molecule has 1 fully saturated rings. The van der Waals surface area contributed by atoms with Gasteiger partial charge in [0.25, 0.3) is 5.69 Å². The Labute approximate surface area is 116 Å². The van der Waals surface area contributed by atoms with Crippen LogP contribution in [0.25, 0.3) is 0 Å². The van der Waals surface area contributed by atoms with Crippen LogP contribution in [0.1, 0.15) is 31.2 Å².